The van der Waals surface area contributed by atoms with Crippen LogP contribution in [-0.4, -0.2) is 49.6 Å². The smallest absolute Gasteiger partial charge is 0.271 e. The third kappa shape index (κ3) is 3.63. The number of anilines is 1. The Morgan fingerprint density at radius 1 is 1.42 bits per heavy atom. The van der Waals surface area contributed by atoms with Crippen molar-refractivity contribution in [2.45, 2.75) is 6.42 Å². The Labute approximate surface area is 111 Å². The molecule has 8 heteroatoms. The van der Waals surface area contributed by atoms with Crippen LogP contribution >= 0.6 is 0 Å². The first-order valence-electron chi connectivity index (χ1n) is 6.00. The number of aromatic nitrogens is 2. The van der Waals surface area contributed by atoms with Gasteiger partial charge in [-0.1, -0.05) is 0 Å². The van der Waals surface area contributed by atoms with Gasteiger partial charge in [-0.05, 0) is 24.5 Å². The van der Waals surface area contributed by atoms with Gasteiger partial charge in [0, 0.05) is 13.6 Å². The van der Waals surface area contributed by atoms with E-state index < -0.39 is 9.84 Å². The van der Waals surface area contributed by atoms with Crippen molar-refractivity contribution >= 4 is 21.6 Å². The summed E-state index contributed by atoms with van der Waals surface area (Å²) in [6.45, 7) is 0.549. The van der Waals surface area contributed by atoms with Gasteiger partial charge in [-0.3, -0.25) is 4.79 Å². The molecule has 0 aliphatic carbocycles. The molecule has 2 heterocycles. The van der Waals surface area contributed by atoms with E-state index in [2.05, 4.69) is 20.8 Å². The largest absolute Gasteiger partial charge is 0.368 e. The second kappa shape index (κ2) is 5.52. The normalized spacial score (nSPS) is 21.0. The van der Waals surface area contributed by atoms with E-state index in [1.54, 1.807) is 12.1 Å². The molecule has 1 aliphatic rings. The number of nitrogens with zero attached hydrogens (tertiary/aromatic N) is 2. The van der Waals surface area contributed by atoms with Crippen LogP contribution in [0.15, 0.2) is 12.1 Å². The lowest BCUT2D eigenvalue weighted by molar-refractivity contribution is 0.0957. The lowest BCUT2D eigenvalue weighted by atomic mass is 10.1. The molecule has 1 saturated heterocycles. The minimum absolute atomic E-state index is 0.116. The van der Waals surface area contributed by atoms with Crippen LogP contribution in [0.2, 0.25) is 0 Å². The molecule has 0 saturated carbocycles. The minimum atomic E-state index is -2.85. The Hall–Kier alpha value is -1.70. The van der Waals surface area contributed by atoms with Gasteiger partial charge in [0.05, 0.1) is 11.5 Å². The molecule has 0 radical (unpaired) electrons. The van der Waals surface area contributed by atoms with Crippen molar-refractivity contribution < 1.29 is 13.2 Å². The van der Waals surface area contributed by atoms with Gasteiger partial charge in [0.25, 0.3) is 5.91 Å². The highest BCUT2D eigenvalue weighted by atomic mass is 32.2. The molecule has 2 N–H and O–H groups in total. The summed E-state index contributed by atoms with van der Waals surface area (Å²) in [5, 5.41) is 13.2. The number of hydrogen-bond acceptors (Lipinski definition) is 6. The van der Waals surface area contributed by atoms with Crippen LogP contribution in [0.1, 0.15) is 16.9 Å². The molecule has 1 unspecified atom stereocenters. The molecule has 19 heavy (non-hydrogen) atoms. The number of nitrogens with one attached hydrogen (secondary N) is 2. The van der Waals surface area contributed by atoms with Crippen molar-refractivity contribution in [3.63, 3.8) is 0 Å². The summed E-state index contributed by atoms with van der Waals surface area (Å²) in [7, 11) is -1.33. The Kier molecular flexibility index (Phi) is 3.98. The van der Waals surface area contributed by atoms with Crippen molar-refractivity contribution in [2.24, 2.45) is 5.92 Å². The van der Waals surface area contributed by atoms with Gasteiger partial charge in [0.1, 0.15) is 5.82 Å². The summed E-state index contributed by atoms with van der Waals surface area (Å²) in [5.41, 5.74) is 0.247. The topological polar surface area (TPSA) is 101 Å². The maximum Gasteiger partial charge on any atom is 0.271 e. The van der Waals surface area contributed by atoms with Crippen LogP contribution in [0.5, 0.6) is 0 Å². The first-order chi connectivity index (χ1) is 9.00. The van der Waals surface area contributed by atoms with Gasteiger partial charge in [-0.2, -0.15) is 0 Å². The second-order valence-corrected chi connectivity index (χ2v) is 6.76. The highest BCUT2D eigenvalue weighted by Crippen LogP contribution is 2.18. The second-order valence-electron chi connectivity index (χ2n) is 4.53. The van der Waals surface area contributed by atoms with E-state index in [1.807, 2.05) is 0 Å². The number of carbonyl (C=O) groups excluding carboxylic acids is 1. The average molecular weight is 284 g/mol. The van der Waals surface area contributed by atoms with Gasteiger partial charge in [0.15, 0.2) is 15.5 Å². The number of sulfone groups is 1. The molecule has 0 spiro atoms. The average Bonchev–Trinajstić information content (AvgIpc) is 2.76. The minimum Gasteiger partial charge on any atom is -0.368 e. The standard InChI is InChI=1S/C11H16N4O3S/c1-12-11(16)9-2-3-10(15-14-9)13-6-8-4-5-19(17,18)7-8/h2-3,8H,4-7H2,1H3,(H,12,16)(H,13,15). The summed E-state index contributed by atoms with van der Waals surface area (Å²) >= 11 is 0. The zero-order chi connectivity index (χ0) is 13.9. The molecule has 0 bridgehead atoms. The van der Waals surface area contributed by atoms with E-state index in [0.717, 1.165) is 0 Å². The van der Waals surface area contributed by atoms with Crippen LogP contribution in [0.25, 0.3) is 0 Å². The molecule has 2 rings (SSSR count). The highest BCUT2D eigenvalue weighted by molar-refractivity contribution is 7.91. The van der Waals surface area contributed by atoms with Gasteiger partial charge in [-0.25, -0.2) is 8.42 Å². The van der Waals surface area contributed by atoms with Crippen LogP contribution in [-0.2, 0) is 9.84 Å². The van der Waals surface area contributed by atoms with Crippen molar-refractivity contribution in [3.8, 4) is 0 Å². The zero-order valence-corrected chi connectivity index (χ0v) is 11.4. The van der Waals surface area contributed by atoms with E-state index in [9.17, 15) is 13.2 Å². The summed E-state index contributed by atoms with van der Waals surface area (Å²) in [5.74, 6) is 0.855. The van der Waals surface area contributed by atoms with Crippen LogP contribution in [0, 0.1) is 5.92 Å². The van der Waals surface area contributed by atoms with Crippen molar-refractivity contribution in [1.82, 2.24) is 15.5 Å². The Balaban J connectivity index is 1.89. The fourth-order valence-electron chi connectivity index (χ4n) is 1.96. The van der Waals surface area contributed by atoms with Crippen LogP contribution in [0.3, 0.4) is 0 Å². The quantitative estimate of drug-likeness (QED) is 0.786. The predicted octanol–water partition coefficient (Wildman–Crippen LogP) is -0.317. The molecule has 1 aromatic rings. The van der Waals surface area contributed by atoms with E-state index in [0.29, 0.717) is 18.8 Å². The van der Waals surface area contributed by atoms with E-state index in [4.69, 9.17) is 0 Å². The Bertz CT molecular complexity index is 556. The first-order valence-corrected chi connectivity index (χ1v) is 7.82. The molecule has 1 atom stereocenters. The summed E-state index contributed by atoms with van der Waals surface area (Å²) in [4.78, 5) is 11.3. The molecule has 104 valence electrons. The molecule has 7 nitrogen and oxygen atoms in total. The maximum atomic E-state index is 11.3. The summed E-state index contributed by atoms with van der Waals surface area (Å²) < 4.78 is 22.6. The zero-order valence-electron chi connectivity index (χ0n) is 10.6. The fourth-order valence-corrected chi connectivity index (χ4v) is 3.82. The van der Waals surface area contributed by atoms with Crippen LogP contribution in [0.4, 0.5) is 5.82 Å². The van der Waals surface area contributed by atoms with Crippen LogP contribution < -0.4 is 10.6 Å². The predicted molar refractivity (Wildman–Crippen MR) is 70.7 cm³/mol. The lowest BCUT2D eigenvalue weighted by Crippen LogP contribution is -2.20. The van der Waals surface area contributed by atoms with Gasteiger partial charge in [-0.15, -0.1) is 10.2 Å². The van der Waals surface area contributed by atoms with Crippen molar-refractivity contribution in [1.29, 1.82) is 0 Å². The lowest BCUT2D eigenvalue weighted by Gasteiger charge is -2.09. The molecular weight excluding hydrogens is 268 g/mol. The molecule has 1 aliphatic heterocycles. The summed E-state index contributed by atoms with van der Waals surface area (Å²) in [6.07, 6.45) is 0.680. The molecule has 0 aromatic carbocycles. The molecule has 1 amide bonds. The Morgan fingerprint density at radius 3 is 2.74 bits per heavy atom. The van der Waals surface area contributed by atoms with Gasteiger partial charge in [0.2, 0.25) is 0 Å². The molecule has 1 fully saturated rings. The van der Waals surface area contributed by atoms with E-state index >= 15 is 0 Å². The number of amides is 1. The Morgan fingerprint density at radius 2 is 2.21 bits per heavy atom. The van der Waals surface area contributed by atoms with E-state index in [-0.39, 0.29) is 29.0 Å². The first kappa shape index (κ1) is 13.7. The summed E-state index contributed by atoms with van der Waals surface area (Å²) in [6, 6.07) is 3.22. The fraction of sp³-hybridized carbons (Fsp3) is 0.545. The number of hydrogen-bond donors (Lipinski definition) is 2. The van der Waals surface area contributed by atoms with Gasteiger partial charge < -0.3 is 10.6 Å². The van der Waals surface area contributed by atoms with E-state index in [1.165, 1.54) is 7.05 Å². The van der Waals surface area contributed by atoms with Crippen molar-refractivity contribution in [2.75, 3.05) is 30.4 Å². The highest BCUT2D eigenvalue weighted by Gasteiger charge is 2.27. The number of rotatable bonds is 4. The third-order valence-corrected chi connectivity index (χ3v) is 4.86. The third-order valence-electron chi connectivity index (χ3n) is 3.02. The SMILES string of the molecule is CNC(=O)c1ccc(NCC2CCS(=O)(=O)C2)nn1. The maximum absolute atomic E-state index is 11.3. The molecule has 1 aromatic heterocycles. The monoisotopic (exact) mass is 284 g/mol. The van der Waals surface area contributed by atoms with Gasteiger partial charge >= 0.3 is 0 Å². The number of carbonyl (C=O) groups is 1. The molecular formula is C11H16N4O3S. The van der Waals surface area contributed by atoms with Crippen molar-refractivity contribution in [3.05, 3.63) is 17.8 Å².